The minimum atomic E-state index is -0.000833. The first-order valence-corrected chi connectivity index (χ1v) is 9.47. The quantitative estimate of drug-likeness (QED) is 0.721. The van der Waals surface area contributed by atoms with Gasteiger partial charge in [0.2, 0.25) is 0 Å². The van der Waals surface area contributed by atoms with Gasteiger partial charge in [0, 0.05) is 43.4 Å². The summed E-state index contributed by atoms with van der Waals surface area (Å²) in [6.07, 6.45) is 3.18. The largest absolute Gasteiger partial charge is 0.384 e. The maximum atomic E-state index is 12.5. The van der Waals surface area contributed by atoms with Crippen LogP contribution in [0.3, 0.4) is 0 Å². The van der Waals surface area contributed by atoms with E-state index in [1.807, 2.05) is 24.3 Å². The van der Waals surface area contributed by atoms with Crippen LogP contribution in [0.15, 0.2) is 24.3 Å². The Kier molecular flexibility index (Phi) is 7.72. The molecule has 2 N–H and O–H groups in total. The number of methoxy groups -OCH3 is 1. The average molecular weight is 348 g/mol. The fraction of sp³-hybridized carbons (Fsp3) is 0.650. The molecule has 1 heterocycles. The van der Waals surface area contributed by atoms with Crippen LogP contribution in [0.2, 0.25) is 0 Å². The van der Waals surface area contributed by atoms with Crippen LogP contribution in [0.1, 0.15) is 43.5 Å². The average Bonchev–Trinajstić information content (AvgIpc) is 2.65. The van der Waals surface area contributed by atoms with Crippen molar-refractivity contribution >= 4 is 11.6 Å². The van der Waals surface area contributed by atoms with E-state index in [-0.39, 0.29) is 11.3 Å². The van der Waals surface area contributed by atoms with Crippen molar-refractivity contribution in [2.75, 3.05) is 51.3 Å². The van der Waals surface area contributed by atoms with Crippen LogP contribution in [0.4, 0.5) is 5.69 Å². The summed E-state index contributed by atoms with van der Waals surface area (Å²) < 4.78 is 5.42. The van der Waals surface area contributed by atoms with Gasteiger partial charge in [0.25, 0.3) is 5.91 Å². The molecule has 0 saturated carbocycles. The Morgan fingerprint density at radius 1 is 1.24 bits per heavy atom. The molecule has 25 heavy (non-hydrogen) atoms. The number of anilines is 1. The van der Waals surface area contributed by atoms with Gasteiger partial charge in [-0.25, -0.2) is 0 Å². The number of benzene rings is 1. The molecule has 1 amide bonds. The molecule has 1 aromatic carbocycles. The van der Waals surface area contributed by atoms with Crippen LogP contribution in [0.5, 0.6) is 0 Å². The van der Waals surface area contributed by atoms with Gasteiger partial charge in [-0.05, 0) is 63.5 Å². The first-order chi connectivity index (χ1) is 12.1. The maximum Gasteiger partial charge on any atom is 0.251 e. The predicted molar refractivity (Wildman–Crippen MR) is 103 cm³/mol. The van der Waals surface area contributed by atoms with Crippen molar-refractivity contribution in [1.29, 1.82) is 0 Å². The predicted octanol–water partition coefficient (Wildman–Crippen LogP) is 2.67. The molecular weight excluding hydrogens is 314 g/mol. The van der Waals surface area contributed by atoms with E-state index in [0.29, 0.717) is 13.2 Å². The normalized spacial score (nSPS) is 16.4. The number of rotatable bonds is 9. The van der Waals surface area contributed by atoms with Gasteiger partial charge in [-0.1, -0.05) is 6.92 Å². The number of hydrogen-bond donors (Lipinski definition) is 2. The van der Waals surface area contributed by atoms with Crippen LogP contribution in [-0.4, -0.2) is 52.3 Å². The number of carbonyl (C=O) groups excluding carboxylic acids is 1. The van der Waals surface area contributed by atoms with E-state index in [2.05, 4.69) is 29.4 Å². The fourth-order valence-corrected chi connectivity index (χ4v) is 3.57. The van der Waals surface area contributed by atoms with E-state index in [4.69, 9.17) is 4.74 Å². The zero-order valence-electron chi connectivity index (χ0n) is 15.9. The third-order valence-electron chi connectivity index (χ3n) is 5.11. The topological polar surface area (TPSA) is 53.6 Å². The first-order valence-electron chi connectivity index (χ1n) is 9.47. The highest BCUT2D eigenvalue weighted by Gasteiger charge is 2.32. The second kappa shape index (κ2) is 9.78. The summed E-state index contributed by atoms with van der Waals surface area (Å²) >= 11 is 0. The summed E-state index contributed by atoms with van der Waals surface area (Å²) in [5.74, 6) is -0.000833. The van der Waals surface area contributed by atoms with Gasteiger partial charge >= 0.3 is 0 Å². The molecule has 140 valence electrons. The van der Waals surface area contributed by atoms with Gasteiger partial charge in [-0.15, -0.1) is 0 Å². The molecule has 0 spiro atoms. The summed E-state index contributed by atoms with van der Waals surface area (Å²) in [4.78, 5) is 14.9. The summed E-state index contributed by atoms with van der Waals surface area (Å²) in [7, 11) is 1.74. The van der Waals surface area contributed by atoms with Gasteiger partial charge in [-0.2, -0.15) is 0 Å². The molecule has 5 nitrogen and oxygen atoms in total. The Hall–Kier alpha value is -1.59. The van der Waals surface area contributed by atoms with Crippen molar-refractivity contribution in [1.82, 2.24) is 10.6 Å². The Morgan fingerprint density at radius 3 is 2.48 bits per heavy atom. The van der Waals surface area contributed by atoms with Gasteiger partial charge in [-0.3, -0.25) is 4.79 Å². The van der Waals surface area contributed by atoms with E-state index in [0.717, 1.165) is 51.0 Å². The highest BCUT2D eigenvalue weighted by Crippen LogP contribution is 2.28. The number of ether oxygens (including phenoxy) is 1. The summed E-state index contributed by atoms with van der Waals surface area (Å²) in [5, 5.41) is 6.50. The zero-order valence-corrected chi connectivity index (χ0v) is 15.9. The highest BCUT2D eigenvalue weighted by molar-refractivity contribution is 5.94. The molecule has 1 saturated heterocycles. The molecule has 2 rings (SSSR count). The van der Waals surface area contributed by atoms with Crippen LogP contribution in [0.25, 0.3) is 0 Å². The summed E-state index contributed by atoms with van der Waals surface area (Å²) in [6, 6.07) is 7.94. The molecule has 0 atom stereocenters. The molecule has 5 heteroatoms. The van der Waals surface area contributed by atoms with E-state index in [9.17, 15) is 4.79 Å². The Labute approximate surface area is 152 Å². The highest BCUT2D eigenvalue weighted by atomic mass is 16.5. The van der Waals surface area contributed by atoms with E-state index >= 15 is 0 Å². The second-order valence-electron chi connectivity index (χ2n) is 6.99. The fourth-order valence-electron chi connectivity index (χ4n) is 3.57. The number of amides is 1. The van der Waals surface area contributed by atoms with E-state index < -0.39 is 0 Å². The lowest BCUT2D eigenvalue weighted by Crippen LogP contribution is -2.47. The van der Waals surface area contributed by atoms with Gasteiger partial charge < -0.3 is 20.3 Å². The van der Waals surface area contributed by atoms with Gasteiger partial charge in [0.15, 0.2) is 0 Å². The number of hydrogen-bond acceptors (Lipinski definition) is 4. The molecule has 0 aliphatic carbocycles. The Morgan fingerprint density at radius 2 is 1.92 bits per heavy atom. The van der Waals surface area contributed by atoms with Crippen molar-refractivity contribution in [2.24, 2.45) is 5.41 Å². The third kappa shape index (κ3) is 5.44. The third-order valence-corrected chi connectivity index (χ3v) is 5.11. The second-order valence-corrected chi connectivity index (χ2v) is 6.99. The smallest absolute Gasteiger partial charge is 0.251 e. The molecule has 1 fully saturated rings. The van der Waals surface area contributed by atoms with Crippen LogP contribution in [-0.2, 0) is 4.74 Å². The van der Waals surface area contributed by atoms with E-state index in [1.54, 1.807) is 7.11 Å². The van der Waals surface area contributed by atoms with Crippen molar-refractivity contribution in [2.45, 2.75) is 33.1 Å². The number of nitrogens with one attached hydrogen (secondary N) is 2. The molecule has 1 aliphatic heterocycles. The van der Waals surface area contributed by atoms with Crippen molar-refractivity contribution in [3.05, 3.63) is 29.8 Å². The number of piperidine rings is 1. The monoisotopic (exact) mass is 347 g/mol. The van der Waals surface area contributed by atoms with Crippen LogP contribution in [0, 0.1) is 5.41 Å². The molecular formula is C20H33N3O2. The standard InChI is InChI=1S/C20H33N3O2/c1-4-14-23(5-2)18-8-6-17(7-9-18)19(24)22-15-20(16-25-3)10-12-21-13-11-20/h6-9,21H,4-5,10-16H2,1-3H3,(H,22,24). The van der Waals surface area contributed by atoms with E-state index in [1.165, 1.54) is 5.69 Å². The molecule has 1 aliphatic rings. The lowest BCUT2D eigenvalue weighted by molar-refractivity contribution is 0.0512. The van der Waals surface area contributed by atoms with Crippen molar-refractivity contribution in [3.63, 3.8) is 0 Å². The summed E-state index contributed by atoms with van der Waals surface area (Å²) in [6.45, 7) is 9.68. The lowest BCUT2D eigenvalue weighted by atomic mass is 9.79. The van der Waals surface area contributed by atoms with Gasteiger partial charge in [0.1, 0.15) is 0 Å². The lowest BCUT2D eigenvalue weighted by Gasteiger charge is -2.37. The van der Waals surface area contributed by atoms with Crippen molar-refractivity contribution < 1.29 is 9.53 Å². The summed E-state index contributed by atoms with van der Waals surface area (Å²) in [5.41, 5.74) is 1.95. The molecule has 0 radical (unpaired) electrons. The molecule has 0 unspecified atom stereocenters. The SMILES string of the molecule is CCCN(CC)c1ccc(C(=O)NCC2(COC)CCNCC2)cc1. The minimum absolute atomic E-state index is 0.000833. The zero-order chi connectivity index (χ0) is 18.1. The Balaban J connectivity index is 1.95. The minimum Gasteiger partial charge on any atom is -0.384 e. The number of nitrogens with zero attached hydrogens (tertiary/aromatic N) is 1. The Bertz CT molecular complexity index is 519. The molecule has 0 aromatic heterocycles. The van der Waals surface area contributed by atoms with Crippen molar-refractivity contribution in [3.8, 4) is 0 Å². The van der Waals surface area contributed by atoms with Crippen LogP contribution < -0.4 is 15.5 Å². The molecule has 0 bridgehead atoms. The number of carbonyl (C=O) groups is 1. The maximum absolute atomic E-state index is 12.5. The first kappa shape index (κ1) is 19.7. The van der Waals surface area contributed by atoms with Gasteiger partial charge in [0.05, 0.1) is 6.61 Å². The van der Waals surface area contributed by atoms with Crippen LogP contribution >= 0.6 is 0 Å². The molecule has 1 aromatic rings.